The van der Waals surface area contributed by atoms with Gasteiger partial charge in [0.05, 0.1) is 5.69 Å². The van der Waals surface area contributed by atoms with Crippen molar-refractivity contribution in [2.45, 2.75) is 26.6 Å². The Morgan fingerprint density at radius 3 is 2.45 bits per heavy atom. The highest BCUT2D eigenvalue weighted by Crippen LogP contribution is 2.25. The number of pyridine rings is 1. The predicted molar refractivity (Wildman–Crippen MR) is 121 cm³/mol. The van der Waals surface area contributed by atoms with E-state index in [0.29, 0.717) is 5.82 Å². The maximum absolute atomic E-state index is 12.3. The van der Waals surface area contributed by atoms with Gasteiger partial charge in [0.25, 0.3) is 0 Å². The fraction of sp³-hybridized carbons (Fsp3) is 0.174. The van der Waals surface area contributed by atoms with Gasteiger partial charge in [0.1, 0.15) is 13.9 Å². The molecule has 0 unspecified atom stereocenters. The Labute approximate surface area is 172 Å². The van der Waals surface area contributed by atoms with E-state index in [-0.39, 0.29) is 5.91 Å². The van der Waals surface area contributed by atoms with Crippen molar-refractivity contribution in [2.24, 2.45) is 0 Å². The number of hydrogen-bond donors (Lipinski definition) is 2. The van der Waals surface area contributed by atoms with Gasteiger partial charge in [-0.25, -0.2) is 0 Å². The molecule has 0 radical (unpaired) electrons. The van der Waals surface area contributed by atoms with Crippen LogP contribution in [0.25, 0.3) is 17.3 Å². The number of hydrogen-bond acceptors (Lipinski definition) is 3. The second-order valence-corrected chi connectivity index (χ2v) is 12.5. The first-order valence-corrected chi connectivity index (χ1v) is 12.9. The van der Waals surface area contributed by atoms with Crippen molar-refractivity contribution < 1.29 is 4.79 Å². The third-order valence-corrected chi connectivity index (χ3v) is 5.01. The lowest BCUT2D eigenvalue weighted by atomic mass is 10.1. The van der Waals surface area contributed by atoms with Crippen LogP contribution in [0.4, 0.5) is 5.82 Å². The average molecular weight is 401 g/mol. The standard InChI is InChI=1S/C23H24N4OSi/c1-17-22(20-11-14-24-15-12-20)26-27-23(17)25-21(28)10-9-18-5-7-19(8-6-18)13-16-29(2,3)4/h5-12,14-15H,1-4H3,(H2,25,26,27,28). The van der Waals surface area contributed by atoms with Crippen LogP contribution in [0.5, 0.6) is 0 Å². The molecule has 1 amide bonds. The smallest absolute Gasteiger partial charge is 0.249 e. The molecule has 0 bridgehead atoms. The summed E-state index contributed by atoms with van der Waals surface area (Å²) in [6, 6.07) is 11.6. The molecule has 0 atom stereocenters. The Kier molecular flexibility index (Phi) is 6.10. The number of rotatable bonds is 4. The van der Waals surface area contributed by atoms with Gasteiger partial charge in [-0.1, -0.05) is 37.7 Å². The number of nitrogens with zero attached hydrogens (tertiary/aromatic N) is 2. The summed E-state index contributed by atoms with van der Waals surface area (Å²) in [4.78, 5) is 16.3. The van der Waals surface area contributed by atoms with Crippen LogP contribution in [-0.4, -0.2) is 29.2 Å². The first kappa shape index (κ1) is 20.3. The molecule has 29 heavy (non-hydrogen) atoms. The molecule has 3 rings (SSSR count). The van der Waals surface area contributed by atoms with Gasteiger partial charge in [0.2, 0.25) is 5.91 Å². The number of carbonyl (C=O) groups is 1. The molecule has 3 aromatic rings. The summed E-state index contributed by atoms with van der Waals surface area (Å²) in [6.45, 7) is 8.57. The highest BCUT2D eigenvalue weighted by molar-refractivity contribution is 6.83. The van der Waals surface area contributed by atoms with Gasteiger partial charge < -0.3 is 5.32 Å². The molecule has 0 saturated carbocycles. The molecule has 0 saturated heterocycles. The summed E-state index contributed by atoms with van der Waals surface area (Å²) < 4.78 is 0. The SMILES string of the molecule is Cc1c(-c2ccncc2)n[nH]c1NC(=O)C=Cc1ccc(C#C[Si](C)(C)C)cc1. The number of amides is 1. The van der Waals surface area contributed by atoms with Crippen molar-refractivity contribution in [3.63, 3.8) is 0 Å². The van der Waals surface area contributed by atoms with Crippen LogP contribution in [-0.2, 0) is 4.79 Å². The molecule has 0 spiro atoms. The maximum atomic E-state index is 12.3. The van der Waals surface area contributed by atoms with Crippen LogP contribution in [0, 0.1) is 18.4 Å². The second kappa shape index (κ2) is 8.72. The van der Waals surface area contributed by atoms with Crippen LogP contribution in [0.1, 0.15) is 16.7 Å². The number of anilines is 1. The summed E-state index contributed by atoms with van der Waals surface area (Å²) in [5.74, 6) is 3.59. The van der Waals surface area contributed by atoms with Gasteiger partial charge in [0, 0.05) is 35.2 Å². The number of H-pyrrole nitrogens is 1. The number of benzene rings is 1. The van der Waals surface area contributed by atoms with Gasteiger partial charge in [-0.15, -0.1) is 5.54 Å². The fourth-order valence-electron chi connectivity index (χ4n) is 2.58. The fourth-order valence-corrected chi connectivity index (χ4v) is 3.10. The highest BCUT2D eigenvalue weighted by Gasteiger charge is 2.12. The lowest BCUT2D eigenvalue weighted by Gasteiger charge is -2.03. The molecule has 2 heterocycles. The zero-order valence-electron chi connectivity index (χ0n) is 17.1. The molecule has 2 N–H and O–H groups in total. The quantitative estimate of drug-likeness (QED) is 0.380. The first-order valence-electron chi connectivity index (χ1n) is 9.39. The maximum Gasteiger partial charge on any atom is 0.249 e. The summed E-state index contributed by atoms with van der Waals surface area (Å²) in [6.07, 6.45) is 6.72. The van der Waals surface area contributed by atoms with E-state index in [4.69, 9.17) is 0 Å². The Morgan fingerprint density at radius 1 is 1.10 bits per heavy atom. The van der Waals surface area contributed by atoms with Crippen LogP contribution < -0.4 is 5.32 Å². The lowest BCUT2D eigenvalue weighted by Crippen LogP contribution is -2.16. The van der Waals surface area contributed by atoms with E-state index in [0.717, 1.165) is 27.9 Å². The van der Waals surface area contributed by atoms with Crippen LogP contribution in [0.15, 0.2) is 54.9 Å². The average Bonchev–Trinajstić information content (AvgIpc) is 3.06. The number of nitrogens with one attached hydrogen (secondary N) is 2. The van der Waals surface area contributed by atoms with Gasteiger partial charge in [-0.05, 0) is 42.8 Å². The summed E-state index contributed by atoms with van der Waals surface area (Å²) >= 11 is 0. The minimum Gasteiger partial charge on any atom is -0.307 e. The minimum atomic E-state index is -1.38. The van der Waals surface area contributed by atoms with Gasteiger partial charge in [-0.3, -0.25) is 14.9 Å². The van der Waals surface area contributed by atoms with Crippen molar-refractivity contribution in [1.29, 1.82) is 0 Å². The first-order chi connectivity index (χ1) is 13.8. The highest BCUT2D eigenvalue weighted by atomic mass is 28.3. The van der Waals surface area contributed by atoms with Gasteiger partial charge >= 0.3 is 0 Å². The molecule has 6 heteroatoms. The van der Waals surface area contributed by atoms with E-state index in [2.05, 4.69) is 51.6 Å². The molecule has 1 aromatic carbocycles. The molecule has 2 aromatic heterocycles. The number of aromatic amines is 1. The summed E-state index contributed by atoms with van der Waals surface area (Å²) in [7, 11) is -1.38. The zero-order chi connectivity index (χ0) is 20.9. The van der Waals surface area contributed by atoms with Gasteiger partial charge in [0.15, 0.2) is 0 Å². The minimum absolute atomic E-state index is 0.222. The van der Waals surface area contributed by atoms with Crippen molar-refractivity contribution >= 4 is 25.9 Å². The van der Waals surface area contributed by atoms with E-state index >= 15 is 0 Å². The van der Waals surface area contributed by atoms with E-state index in [1.54, 1.807) is 18.5 Å². The largest absolute Gasteiger partial charge is 0.307 e. The van der Waals surface area contributed by atoms with Crippen molar-refractivity contribution in [3.8, 4) is 22.7 Å². The Bertz CT molecular complexity index is 1080. The zero-order valence-corrected chi connectivity index (χ0v) is 18.1. The Balaban J connectivity index is 1.64. The van der Waals surface area contributed by atoms with E-state index in [1.165, 1.54) is 6.08 Å². The van der Waals surface area contributed by atoms with Crippen LogP contribution in [0.3, 0.4) is 0 Å². The molecule has 0 fully saturated rings. The topological polar surface area (TPSA) is 70.7 Å². The van der Waals surface area contributed by atoms with Gasteiger partial charge in [-0.2, -0.15) is 5.10 Å². The molecule has 5 nitrogen and oxygen atoms in total. The van der Waals surface area contributed by atoms with E-state index < -0.39 is 8.07 Å². The Morgan fingerprint density at radius 2 is 1.79 bits per heavy atom. The van der Waals surface area contributed by atoms with Crippen LogP contribution in [0.2, 0.25) is 19.6 Å². The van der Waals surface area contributed by atoms with Crippen molar-refractivity contribution in [1.82, 2.24) is 15.2 Å². The second-order valence-electron chi connectivity index (χ2n) is 7.75. The normalized spacial score (nSPS) is 11.2. The lowest BCUT2D eigenvalue weighted by molar-refractivity contribution is -0.111. The third kappa shape index (κ3) is 5.77. The molecule has 0 aliphatic carbocycles. The van der Waals surface area contributed by atoms with E-state index in [9.17, 15) is 4.79 Å². The molecule has 0 aliphatic heterocycles. The number of carbonyl (C=O) groups excluding carboxylic acids is 1. The van der Waals surface area contributed by atoms with E-state index in [1.807, 2.05) is 43.3 Å². The molecular weight excluding hydrogens is 376 g/mol. The summed E-state index contributed by atoms with van der Waals surface area (Å²) in [5, 5.41) is 10.0. The summed E-state index contributed by atoms with van der Waals surface area (Å²) in [5.41, 5.74) is 7.90. The molecule has 0 aliphatic rings. The Hall–Kier alpha value is -3.43. The van der Waals surface area contributed by atoms with Crippen LogP contribution >= 0.6 is 0 Å². The molecule has 146 valence electrons. The molecular formula is C23H24N4OSi. The predicted octanol–water partition coefficient (Wildman–Crippen LogP) is 4.66. The van der Waals surface area contributed by atoms with Crippen molar-refractivity contribution in [3.05, 3.63) is 71.6 Å². The van der Waals surface area contributed by atoms with Crippen molar-refractivity contribution in [2.75, 3.05) is 5.32 Å². The monoisotopic (exact) mass is 400 g/mol. The third-order valence-electron chi connectivity index (χ3n) is 4.13. The number of aromatic nitrogens is 3.